The van der Waals surface area contributed by atoms with E-state index in [0.29, 0.717) is 5.56 Å². The number of benzene rings is 1. The summed E-state index contributed by atoms with van der Waals surface area (Å²) in [5, 5.41) is -0.478. The lowest BCUT2D eigenvalue weighted by atomic mass is 10.1. The molecule has 0 aliphatic carbocycles. The van der Waals surface area contributed by atoms with Crippen LogP contribution in [0.15, 0.2) is 30.3 Å². The Bertz CT molecular complexity index is 568. The highest BCUT2D eigenvalue weighted by Gasteiger charge is 2.20. The SMILES string of the molecule is Cc1cc(C)c(C(Cl)c2ccccc2OC(F)F)s1. The Kier molecular flexibility index (Phi) is 4.42. The summed E-state index contributed by atoms with van der Waals surface area (Å²) in [5.41, 5.74) is 1.63. The monoisotopic (exact) mass is 302 g/mol. The Balaban J connectivity index is 2.38. The van der Waals surface area contributed by atoms with Crippen LogP contribution in [0.4, 0.5) is 8.78 Å². The molecule has 0 N–H and O–H groups in total. The number of thiophene rings is 1. The first kappa shape index (κ1) is 14.3. The average Bonchev–Trinajstić information content (AvgIpc) is 2.67. The van der Waals surface area contributed by atoms with E-state index in [1.807, 2.05) is 19.9 Å². The fourth-order valence-corrected chi connectivity index (χ4v) is 3.46. The summed E-state index contributed by atoms with van der Waals surface area (Å²) in [5.74, 6) is 0.128. The summed E-state index contributed by atoms with van der Waals surface area (Å²) in [6, 6.07) is 8.67. The van der Waals surface area contributed by atoms with Gasteiger partial charge in [-0.25, -0.2) is 0 Å². The van der Waals surface area contributed by atoms with Crippen molar-refractivity contribution in [2.75, 3.05) is 0 Å². The average molecular weight is 303 g/mol. The second kappa shape index (κ2) is 5.88. The van der Waals surface area contributed by atoms with E-state index >= 15 is 0 Å². The lowest BCUT2D eigenvalue weighted by Gasteiger charge is -2.14. The third-order valence-electron chi connectivity index (χ3n) is 2.72. The molecule has 0 amide bonds. The van der Waals surface area contributed by atoms with Gasteiger partial charge in [0.1, 0.15) is 5.75 Å². The van der Waals surface area contributed by atoms with Crippen LogP contribution >= 0.6 is 22.9 Å². The highest BCUT2D eigenvalue weighted by molar-refractivity contribution is 7.12. The van der Waals surface area contributed by atoms with E-state index in [-0.39, 0.29) is 5.75 Å². The Hall–Kier alpha value is -1.13. The van der Waals surface area contributed by atoms with Crippen LogP contribution in [-0.4, -0.2) is 6.61 Å². The van der Waals surface area contributed by atoms with E-state index in [4.69, 9.17) is 11.6 Å². The van der Waals surface area contributed by atoms with Gasteiger partial charge in [0, 0.05) is 15.3 Å². The zero-order valence-electron chi connectivity index (χ0n) is 10.5. The van der Waals surface area contributed by atoms with Gasteiger partial charge in [0.25, 0.3) is 0 Å². The van der Waals surface area contributed by atoms with Crippen LogP contribution in [0.2, 0.25) is 0 Å². The number of rotatable bonds is 4. The van der Waals surface area contributed by atoms with Gasteiger partial charge >= 0.3 is 6.61 Å². The smallest absolute Gasteiger partial charge is 0.387 e. The molecule has 0 fully saturated rings. The number of hydrogen-bond donors (Lipinski definition) is 0. The van der Waals surface area contributed by atoms with Crippen LogP contribution in [-0.2, 0) is 0 Å². The molecule has 19 heavy (non-hydrogen) atoms. The summed E-state index contributed by atoms with van der Waals surface area (Å²) in [6.45, 7) is 1.10. The molecule has 0 aliphatic heterocycles. The first-order valence-electron chi connectivity index (χ1n) is 5.73. The highest BCUT2D eigenvalue weighted by atomic mass is 35.5. The predicted octanol–water partition coefficient (Wildman–Crippen LogP) is 5.29. The van der Waals surface area contributed by atoms with E-state index in [2.05, 4.69) is 4.74 Å². The zero-order chi connectivity index (χ0) is 14.0. The van der Waals surface area contributed by atoms with Crippen molar-refractivity contribution in [2.45, 2.75) is 25.8 Å². The van der Waals surface area contributed by atoms with Crippen LogP contribution in [0.1, 0.15) is 26.3 Å². The van der Waals surface area contributed by atoms with Crippen molar-refractivity contribution < 1.29 is 13.5 Å². The van der Waals surface area contributed by atoms with Crippen LogP contribution in [0.5, 0.6) is 5.75 Å². The molecule has 0 saturated carbocycles. The first-order chi connectivity index (χ1) is 8.99. The molecule has 0 saturated heterocycles. The van der Waals surface area contributed by atoms with Crippen molar-refractivity contribution >= 4 is 22.9 Å². The van der Waals surface area contributed by atoms with E-state index in [1.54, 1.807) is 29.5 Å². The molecule has 0 aliphatic rings. The van der Waals surface area contributed by atoms with Crippen molar-refractivity contribution in [1.82, 2.24) is 0 Å². The number of para-hydroxylation sites is 1. The number of alkyl halides is 3. The number of halogens is 3. The lowest BCUT2D eigenvalue weighted by Crippen LogP contribution is -2.05. The minimum atomic E-state index is -2.85. The van der Waals surface area contributed by atoms with E-state index < -0.39 is 12.0 Å². The molecule has 1 unspecified atom stereocenters. The highest BCUT2D eigenvalue weighted by Crippen LogP contribution is 2.40. The zero-order valence-corrected chi connectivity index (χ0v) is 12.1. The molecular weight excluding hydrogens is 290 g/mol. The first-order valence-corrected chi connectivity index (χ1v) is 6.99. The predicted molar refractivity (Wildman–Crippen MR) is 74.6 cm³/mol. The summed E-state index contributed by atoms with van der Waals surface area (Å²) in [4.78, 5) is 2.11. The van der Waals surface area contributed by atoms with E-state index in [9.17, 15) is 8.78 Å². The molecule has 5 heteroatoms. The molecule has 0 spiro atoms. The molecule has 1 aromatic carbocycles. The van der Waals surface area contributed by atoms with Gasteiger partial charge in [-0.15, -0.1) is 22.9 Å². The van der Waals surface area contributed by atoms with Crippen molar-refractivity contribution in [3.63, 3.8) is 0 Å². The van der Waals surface area contributed by atoms with Gasteiger partial charge in [0.2, 0.25) is 0 Å². The van der Waals surface area contributed by atoms with E-state index in [1.165, 1.54) is 6.07 Å². The maximum Gasteiger partial charge on any atom is 0.387 e. The Morgan fingerprint density at radius 2 is 1.89 bits per heavy atom. The van der Waals surface area contributed by atoms with Crippen LogP contribution in [0, 0.1) is 13.8 Å². The van der Waals surface area contributed by atoms with Gasteiger partial charge in [-0.05, 0) is 31.5 Å². The van der Waals surface area contributed by atoms with Gasteiger partial charge in [-0.1, -0.05) is 18.2 Å². The van der Waals surface area contributed by atoms with Gasteiger partial charge < -0.3 is 4.74 Å². The quantitative estimate of drug-likeness (QED) is 0.697. The summed E-state index contributed by atoms with van der Waals surface area (Å²) in [6.07, 6.45) is 0. The van der Waals surface area contributed by atoms with Crippen molar-refractivity contribution in [3.05, 3.63) is 51.2 Å². The van der Waals surface area contributed by atoms with Crippen LogP contribution in [0.25, 0.3) is 0 Å². The standard InChI is InChI=1S/C14H13ClF2OS/c1-8-7-9(2)19-13(8)12(15)10-5-3-4-6-11(10)18-14(16)17/h3-7,12,14H,1-2H3. The third-order valence-corrected chi connectivity index (χ3v) is 4.52. The minimum Gasteiger partial charge on any atom is -0.434 e. The fourth-order valence-electron chi connectivity index (χ4n) is 1.95. The summed E-state index contributed by atoms with van der Waals surface area (Å²) < 4.78 is 29.3. The molecular formula is C14H13ClF2OS. The Labute approximate surface area is 119 Å². The molecule has 1 heterocycles. The maximum atomic E-state index is 12.4. The van der Waals surface area contributed by atoms with Crippen molar-refractivity contribution in [2.24, 2.45) is 0 Å². The summed E-state index contributed by atoms with van der Waals surface area (Å²) >= 11 is 7.99. The second-order valence-corrected chi connectivity index (χ2v) is 5.91. The lowest BCUT2D eigenvalue weighted by molar-refractivity contribution is -0.0504. The molecule has 0 radical (unpaired) electrons. The number of aryl methyl sites for hydroxylation is 2. The Morgan fingerprint density at radius 1 is 1.21 bits per heavy atom. The topological polar surface area (TPSA) is 9.23 Å². The normalized spacial score (nSPS) is 12.7. The van der Waals surface area contributed by atoms with E-state index in [0.717, 1.165) is 15.3 Å². The second-order valence-electron chi connectivity index (χ2n) is 4.18. The molecule has 1 nitrogen and oxygen atoms in total. The third kappa shape index (κ3) is 3.25. The van der Waals surface area contributed by atoms with Crippen LogP contribution < -0.4 is 4.74 Å². The van der Waals surface area contributed by atoms with Crippen LogP contribution in [0.3, 0.4) is 0 Å². The van der Waals surface area contributed by atoms with Gasteiger partial charge in [-0.2, -0.15) is 8.78 Å². The minimum absolute atomic E-state index is 0.128. The maximum absolute atomic E-state index is 12.4. The molecule has 0 bridgehead atoms. The largest absolute Gasteiger partial charge is 0.434 e. The fraction of sp³-hybridized carbons (Fsp3) is 0.286. The molecule has 1 aromatic heterocycles. The summed E-state index contributed by atoms with van der Waals surface area (Å²) in [7, 11) is 0. The van der Waals surface area contributed by atoms with Crippen molar-refractivity contribution in [3.8, 4) is 5.75 Å². The van der Waals surface area contributed by atoms with Crippen molar-refractivity contribution in [1.29, 1.82) is 0 Å². The number of ether oxygens (including phenoxy) is 1. The molecule has 102 valence electrons. The van der Waals surface area contributed by atoms with Gasteiger partial charge in [0.15, 0.2) is 0 Å². The van der Waals surface area contributed by atoms with Gasteiger partial charge in [-0.3, -0.25) is 0 Å². The molecule has 1 atom stereocenters. The molecule has 2 aromatic rings. The van der Waals surface area contributed by atoms with Gasteiger partial charge in [0.05, 0.1) is 5.38 Å². The molecule has 2 rings (SSSR count). The number of hydrogen-bond acceptors (Lipinski definition) is 2. The Morgan fingerprint density at radius 3 is 2.47 bits per heavy atom.